The SMILES string of the molecule is N#Cc1cccc(-n2cc(-c3ccc(OC(F)(F)F)cc3)c3cc(C=O)ccc32)c1. The molecule has 0 amide bonds. The fraction of sp³-hybridized carbons (Fsp3) is 0.0435. The quantitative estimate of drug-likeness (QED) is 0.398. The van der Waals surface area contributed by atoms with Crippen LogP contribution in [0.25, 0.3) is 27.7 Å². The fourth-order valence-corrected chi connectivity index (χ4v) is 3.33. The van der Waals surface area contributed by atoms with Crippen LogP contribution in [-0.2, 0) is 0 Å². The number of ether oxygens (including phenoxy) is 1. The molecule has 7 heteroatoms. The van der Waals surface area contributed by atoms with Crippen LogP contribution in [0, 0.1) is 11.3 Å². The highest BCUT2D eigenvalue weighted by Crippen LogP contribution is 2.34. The molecule has 0 saturated heterocycles. The van der Waals surface area contributed by atoms with Crippen LogP contribution in [0.15, 0.2) is 72.9 Å². The van der Waals surface area contributed by atoms with Crippen molar-refractivity contribution >= 4 is 17.2 Å². The van der Waals surface area contributed by atoms with Crippen LogP contribution < -0.4 is 4.74 Å². The number of nitrogens with zero attached hydrogens (tertiary/aromatic N) is 2. The molecule has 1 heterocycles. The van der Waals surface area contributed by atoms with E-state index < -0.39 is 6.36 Å². The fourth-order valence-electron chi connectivity index (χ4n) is 3.33. The number of fused-ring (bicyclic) bond motifs is 1. The van der Waals surface area contributed by atoms with Crippen LogP contribution in [0.2, 0.25) is 0 Å². The van der Waals surface area contributed by atoms with E-state index in [0.717, 1.165) is 28.4 Å². The zero-order valence-corrected chi connectivity index (χ0v) is 15.4. The van der Waals surface area contributed by atoms with Gasteiger partial charge in [-0.3, -0.25) is 4.79 Å². The summed E-state index contributed by atoms with van der Waals surface area (Å²) in [5.74, 6) is -0.315. The zero-order chi connectivity index (χ0) is 21.3. The Morgan fingerprint density at radius 2 is 1.77 bits per heavy atom. The lowest BCUT2D eigenvalue weighted by molar-refractivity contribution is -0.274. The molecule has 148 valence electrons. The lowest BCUT2D eigenvalue weighted by atomic mass is 10.0. The van der Waals surface area contributed by atoms with Crippen molar-refractivity contribution in [2.75, 3.05) is 0 Å². The largest absolute Gasteiger partial charge is 0.573 e. The minimum atomic E-state index is -4.76. The number of hydrogen-bond acceptors (Lipinski definition) is 3. The van der Waals surface area contributed by atoms with E-state index in [-0.39, 0.29) is 5.75 Å². The number of benzene rings is 3. The normalized spacial score (nSPS) is 11.3. The smallest absolute Gasteiger partial charge is 0.406 e. The molecule has 3 aromatic carbocycles. The number of hydrogen-bond donors (Lipinski definition) is 0. The van der Waals surface area contributed by atoms with E-state index >= 15 is 0 Å². The average molecular weight is 406 g/mol. The number of aldehydes is 1. The van der Waals surface area contributed by atoms with Crippen LogP contribution in [0.3, 0.4) is 0 Å². The van der Waals surface area contributed by atoms with Gasteiger partial charge in [-0.05, 0) is 54.1 Å². The van der Waals surface area contributed by atoms with Crippen molar-refractivity contribution in [1.29, 1.82) is 5.26 Å². The van der Waals surface area contributed by atoms with E-state index in [9.17, 15) is 23.2 Å². The summed E-state index contributed by atoms with van der Waals surface area (Å²) in [5.41, 5.74) is 3.91. The van der Waals surface area contributed by atoms with Crippen molar-refractivity contribution in [2.45, 2.75) is 6.36 Å². The second kappa shape index (κ2) is 7.41. The van der Waals surface area contributed by atoms with Gasteiger partial charge in [-0.15, -0.1) is 13.2 Å². The van der Waals surface area contributed by atoms with Gasteiger partial charge in [-0.2, -0.15) is 5.26 Å². The minimum absolute atomic E-state index is 0.315. The third-order valence-electron chi connectivity index (χ3n) is 4.62. The summed E-state index contributed by atoms with van der Waals surface area (Å²) in [7, 11) is 0. The van der Waals surface area contributed by atoms with Crippen LogP contribution in [0.4, 0.5) is 13.2 Å². The molecular formula is C23H13F3N2O2. The molecule has 30 heavy (non-hydrogen) atoms. The zero-order valence-electron chi connectivity index (χ0n) is 15.4. The predicted molar refractivity (Wildman–Crippen MR) is 105 cm³/mol. The summed E-state index contributed by atoms with van der Waals surface area (Å²) in [6.07, 6.45) is -2.20. The first-order chi connectivity index (χ1) is 14.4. The molecule has 4 nitrogen and oxygen atoms in total. The maximum atomic E-state index is 12.4. The summed E-state index contributed by atoms with van der Waals surface area (Å²) < 4.78 is 43.1. The number of carbonyl (C=O) groups excluding carboxylic acids is 1. The monoisotopic (exact) mass is 406 g/mol. The van der Waals surface area contributed by atoms with Crippen LogP contribution in [0.1, 0.15) is 15.9 Å². The molecule has 0 bridgehead atoms. The molecule has 1 aromatic heterocycles. The maximum Gasteiger partial charge on any atom is 0.573 e. The number of rotatable bonds is 4. The van der Waals surface area contributed by atoms with Crippen LogP contribution >= 0.6 is 0 Å². The summed E-state index contributed by atoms with van der Waals surface area (Å²) in [5, 5.41) is 9.95. The topological polar surface area (TPSA) is 55.0 Å². The second-order valence-electron chi connectivity index (χ2n) is 6.54. The molecule has 0 atom stereocenters. The van der Waals surface area contributed by atoms with E-state index in [1.807, 2.05) is 16.8 Å². The Kier molecular flexibility index (Phi) is 4.76. The molecule has 0 aliphatic carbocycles. The van der Waals surface area contributed by atoms with Gasteiger partial charge in [-0.1, -0.05) is 18.2 Å². The molecule has 0 N–H and O–H groups in total. The predicted octanol–water partition coefficient (Wildman–Crippen LogP) is 5.88. The molecular weight excluding hydrogens is 393 g/mol. The highest BCUT2D eigenvalue weighted by Gasteiger charge is 2.31. The Bertz CT molecular complexity index is 1280. The van der Waals surface area contributed by atoms with Crippen molar-refractivity contribution in [3.63, 3.8) is 0 Å². The standard InChI is InChI=1S/C23H13F3N2O2/c24-23(25,26)30-19-7-5-17(6-8-19)21-13-28(18-3-1-2-15(10-18)12-27)22-9-4-16(14-29)11-20(21)22/h1-11,13-14H. The third kappa shape index (κ3) is 3.76. The molecule has 0 radical (unpaired) electrons. The van der Waals surface area contributed by atoms with Gasteiger partial charge in [0.2, 0.25) is 0 Å². The Labute approximate surface area is 169 Å². The van der Waals surface area contributed by atoms with Gasteiger partial charge < -0.3 is 9.30 Å². The first-order valence-corrected chi connectivity index (χ1v) is 8.85. The lowest BCUT2D eigenvalue weighted by Gasteiger charge is -2.09. The van der Waals surface area contributed by atoms with Gasteiger partial charge in [0.05, 0.1) is 17.1 Å². The van der Waals surface area contributed by atoms with Crippen molar-refractivity contribution < 1.29 is 22.7 Å². The van der Waals surface area contributed by atoms with Crippen molar-refractivity contribution in [3.8, 4) is 28.6 Å². The number of nitriles is 1. The number of aromatic nitrogens is 1. The van der Waals surface area contributed by atoms with Gasteiger partial charge in [0.25, 0.3) is 0 Å². The van der Waals surface area contributed by atoms with Crippen LogP contribution in [0.5, 0.6) is 5.75 Å². The Balaban J connectivity index is 1.87. The summed E-state index contributed by atoms with van der Waals surface area (Å²) in [4.78, 5) is 11.3. The molecule has 0 unspecified atom stereocenters. The summed E-state index contributed by atoms with van der Waals surface area (Å²) in [6.45, 7) is 0. The molecule has 0 fully saturated rings. The van der Waals surface area contributed by atoms with Crippen molar-refractivity contribution in [3.05, 3.63) is 84.1 Å². The first kappa shape index (κ1) is 19.3. The first-order valence-electron chi connectivity index (χ1n) is 8.85. The van der Waals surface area contributed by atoms with Crippen molar-refractivity contribution in [1.82, 2.24) is 4.57 Å². The Morgan fingerprint density at radius 1 is 1.00 bits per heavy atom. The Hall–Kier alpha value is -4.05. The van der Waals surface area contributed by atoms with Gasteiger partial charge in [0, 0.05) is 28.4 Å². The third-order valence-corrected chi connectivity index (χ3v) is 4.62. The summed E-state index contributed by atoms with van der Waals surface area (Å²) >= 11 is 0. The lowest BCUT2D eigenvalue weighted by Crippen LogP contribution is -2.16. The summed E-state index contributed by atoms with van der Waals surface area (Å²) in [6, 6.07) is 19.9. The van der Waals surface area contributed by atoms with E-state index in [4.69, 9.17) is 0 Å². The highest BCUT2D eigenvalue weighted by molar-refractivity contribution is 5.99. The van der Waals surface area contributed by atoms with Gasteiger partial charge in [-0.25, -0.2) is 0 Å². The van der Waals surface area contributed by atoms with Gasteiger partial charge >= 0.3 is 6.36 Å². The highest BCUT2D eigenvalue weighted by atomic mass is 19.4. The van der Waals surface area contributed by atoms with Gasteiger partial charge in [0.1, 0.15) is 12.0 Å². The molecule has 0 aliphatic heterocycles. The van der Waals surface area contributed by atoms with E-state index in [1.165, 1.54) is 24.3 Å². The van der Waals surface area contributed by atoms with E-state index in [1.54, 1.807) is 36.4 Å². The van der Waals surface area contributed by atoms with Crippen LogP contribution in [-0.4, -0.2) is 17.2 Å². The molecule has 4 aromatic rings. The molecule has 4 rings (SSSR count). The number of alkyl halides is 3. The minimum Gasteiger partial charge on any atom is -0.406 e. The molecule has 0 saturated carbocycles. The van der Waals surface area contributed by atoms with E-state index in [0.29, 0.717) is 16.7 Å². The molecule has 0 spiro atoms. The second-order valence-corrected chi connectivity index (χ2v) is 6.54. The molecule has 0 aliphatic rings. The average Bonchev–Trinajstić information content (AvgIpc) is 3.12. The van der Waals surface area contributed by atoms with E-state index in [2.05, 4.69) is 10.8 Å². The maximum absolute atomic E-state index is 12.4. The van der Waals surface area contributed by atoms with Crippen molar-refractivity contribution in [2.24, 2.45) is 0 Å². The number of halogens is 3. The number of carbonyl (C=O) groups is 1. The Morgan fingerprint density at radius 3 is 2.43 bits per heavy atom. The van der Waals surface area contributed by atoms with Gasteiger partial charge in [0.15, 0.2) is 0 Å².